The molecule has 4 nitrogen and oxygen atoms in total. The summed E-state index contributed by atoms with van der Waals surface area (Å²) in [7, 11) is 0. The number of nitrogens with zero attached hydrogens (tertiary/aromatic N) is 2. The summed E-state index contributed by atoms with van der Waals surface area (Å²) >= 11 is 17.5. The molecule has 0 atom stereocenters. The number of anilines is 2. The summed E-state index contributed by atoms with van der Waals surface area (Å²) in [4.78, 5) is 0. The largest absolute Gasteiger partial charge is 0.332 e. The molecule has 0 aliphatic carbocycles. The molecule has 122 valence electrons. The van der Waals surface area contributed by atoms with Gasteiger partial charge in [0.2, 0.25) is 0 Å². The Labute approximate surface area is 155 Å². The summed E-state index contributed by atoms with van der Waals surface area (Å²) in [5.41, 5.74) is 1.93. The van der Waals surface area contributed by atoms with Gasteiger partial charge >= 0.3 is 0 Å². The summed E-state index contributed by atoms with van der Waals surface area (Å²) in [5.74, 6) is 0.507. The molecule has 24 heavy (non-hydrogen) atoms. The van der Waals surface area contributed by atoms with Gasteiger partial charge in [-0.15, -0.1) is 0 Å². The molecule has 1 heterocycles. The van der Waals surface area contributed by atoms with Crippen molar-refractivity contribution in [3.63, 3.8) is 0 Å². The van der Waals surface area contributed by atoms with Gasteiger partial charge in [0.05, 0.1) is 6.54 Å². The van der Waals surface area contributed by atoms with Crippen molar-refractivity contribution in [1.82, 2.24) is 9.78 Å². The lowest BCUT2D eigenvalue weighted by atomic mass is 10.2. The third kappa shape index (κ3) is 4.47. The van der Waals surface area contributed by atoms with E-state index in [4.69, 9.17) is 35.4 Å². The fourth-order valence-electron chi connectivity index (χ4n) is 2.17. The van der Waals surface area contributed by atoms with Crippen LogP contribution in [0.2, 0.25) is 10.0 Å². The number of thiocarbonyl (C=S) groups is 1. The number of nitrogens with one attached hydrogen (secondary N) is 2. The zero-order valence-corrected chi connectivity index (χ0v) is 14.9. The fourth-order valence-corrected chi connectivity index (χ4v) is 2.77. The average Bonchev–Trinajstić information content (AvgIpc) is 2.87. The van der Waals surface area contributed by atoms with Gasteiger partial charge < -0.3 is 10.6 Å². The Morgan fingerprint density at radius 1 is 1.04 bits per heavy atom. The van der Waals surface area contributed by atoms with E-state index in [1.807, 2.05) is 42.5 Å². The lowest BCUT2D eigenvalue weighted by molar-refractivity contribution is 0.690. The van der Waals surface area contributed by atoms with E-state index in [9.17, 15) is 0 Å². The average molecular weight is 377 g/mol. The van der Waals surface area contributed by atoms with Crippen molar-refractivity contribution in [3.8, 4) is 0 Å². The van der Waals surface area contributed by atoms with Crippen LogP contribution in [-0.4, -0.2) is 14.9 Å². The molecule has 2 N–H and O–H groups in total. The first-order valence-electron chi connectivity index (χ1n) is 7.20. The van der Waals surface area contributed by atoms with Crippen LogP contribution in [0.15, 0.2) is 60.8 Å². The molecule has 0 unspecified atom stereocenters. The maximum atomic E-state index is 6.23. The quantitative estimate of drug-likeness (QED) is 0.625. The van der Waals surface area contributed by atoms with Gasteiger partial charge in [0.15, 0.2) is 10.9 Å². The highest BCUT2D eigenvalue weighted by atomic mass is 35.5. The Morgan fingerprint density at radius 2 is 1.83 bits per heavy atom. The lowest BCUT2D eigenvalue weighted by Gasteiger charge is -2.09. The second-order valence-electron chi connectivity index (χ2n) is 5.10. The molecule has 7 heteroatoms. The van der Waals surface area contributed by atoms with Gasteiger partial charge in [0, 0.05) is 16.9 Å². The van der Waals surface area contributed by atoms with Crippen LogP contribution in [0.4, 0.5) is 11.5 Å². The first kappa shape index (κ1) is 16.8. The molecule has 0 bridgehead atoms. The molecule has 0 amide bonds. The summed E-state index contributed by atoms with van der Waals surface area (Å²) in [6.07, 6.45) is 1.76. The van der Waals surface area contributed by atoms with Crippen molar-refractivity contribution in [3.05, 3.63) is 76.4 Å². The molecule has 1 aromatic heterocycles. The van der Waals surface area contributed by atoms with Crippen molar-refractivity contribution >= 4 is 52.0 Å². The lowest BCUT2D eigenvalue weighted by Crippen LogP contribution is -2.19. The molecule has 0 saturated carbocycles. The summed E-state index contributed by atoms with van der Waals surface area (Å²) < 4.78 is 1.77. The van der Waals surface area contributed by atoms with Crippen LogP contribution in [-0.2, 0) is 6.54 Å². The number of hydrogen-bond acceptors (Lipinski definition) is 2. The number of hydrogen-bond donors (Lipinski definition) is 2. The third-order valence-electron chi connectivity index (χ3n) is 3.22. The molecule has 0 saturated heterocycles. The maximum absolute atomic E-state index is 6.23. The molecular formula is C17H14Cl2N4S. The van der Waals surface area contributed by atoms with Gasteiger partial charge in [0.25, 0.3) is 0 Å². The highest BCUT2D eigenvalue weighted by Crippen LogP contribution is 2.21. The predicted molar refractivity (Wildman–Crippen MR) is 104 cm³/mol. The van der Waals surface area contributed by atoms with Gasteiger partial charge in [-0.25, -0.2) is 0 Å². The van der Waals surface area contributed by atoms with E-state index in [1.54, 1.807) is 23.0 Å². The van der Waals surface area contributed by atoms with Crippen LogP contribution in [0.3, 0.4) is 0 Å². The van der Waals surface area contributed by atoms with Gasteiger partial charge in [-0.1, -0.05) is 59.6 Å². The number of halogens is 2. The van der Waals surface area contributed by atoms with Crippen molar-refractivity contribution in [2.45, 2.75) is 6.54 Å². The Bertz CT molecular complexity index is 849. The molecule has 3 rings (SSSR count). The highest BCUT2D eigenvalue weighted by Gasteiger charge is 2.09. The summed E-state index contributed by atoms with van der Waals surface area (Å²) in [6, 6.07) is 17.3. The standard InChI is InChI=1S/C17H14Cl2N4S/c18-13-7-4-8-14(9-13)20-17(24)21-16-15(19)11-23(22-16)10-12-5-2-1-3-6-12/h1-9,11H,10H2,(H2,20,21,22,24). The predicted octanol–water partition coefficient (Wildman–Crippen LogP) is 5.05. The van der Waals surface area contributed by atoms with Gasteiger partial charge in [-0.05, 0) is 36.0 Å². The minimum Gasteiger partial charge on any atom is -0.332 e. The van der Waals surface area contributed by atoms with E-state index in [0.29, 0.717) is 27.5 Å². The normalized spacial score (nSPS) is 10.4. The third-order valence-corrected chi connectivity index (χ3v) is 3.93. The van der Waals surface area contributed by atoms with E-state index >= 15 is 0 Å². The number of rotatable bonds is 4. The Morgan fingerprint density at radius 3 is 2.58 bits per heavy atom. The second-order valence-corrected chi connectivity index (χ2v) is 6.35. The van der Waals surface area contributed by atoms with E-state index in [0.717, 1.165) is 11.3 Å². The van der Waals surface area contributed by atoms with Crippen molar-refractivity contribution < 1.29 is 0 Å². The van der Waals surface area contributed by atoms with Crippen LogP contribution >= 0.6 is 35.4 Å². The Balaban J connectivity index is 1.66. The minimum absolute atomic E-state index is 0.393. The van der Waals surface area contributed by atoms with E-state index in [2.05, 4.69) is 15.7 Å². The minimum atomic E-state index is 0.393. The molecule has 0 spiro atoms. The molecule has 0 aliphatic heterocycles. The van der Waals surface area contributed by atoms with Crippen LogP contribution in [0.5, 0.6) is 0 Å². The molecular weight excluding hydrogens is 363 g/mol. The number of aromatic nitrogens is 2. The molecule has 0 radical (unpaired) electrons. The second kappa shape index (κ2) is 7.66. The van der Waals surface area contributed by atoms with Gasteiger partial charge in [-0.3, -0.25) is 4.68 Å². The summed E-state index contributed by atoms with van der Waals surface area (Å²) in [5, 5.41) is 12.0. The van der Waals surface area contributed by atoms with Crippen LogP contribution in [0, 0.1) is 0 Å². The van der Waals surface area contributed by atoms with E-state index in [1.165, 1.54) is 0 Å². The van der Waals surface area contributed by atoms with Crippen LogP contribution in [0.25, 0.3) is 0 Å². The summed E-state index contributed by atoms with van der Waals surface area (Å²) in [6.45, 7) is 0.636. The van der Waals surface area contributed by atoms with Gasteiger partial charge in [0.1, 0.15) is 5.02 Å². The maximum Gasteiger partial charge on any atom is 0.176 e. The molecule has 0 fully saturated rings. The van der Waals surface area contributed by atoms with Gasteiger partial charge in [-0.2, -0.15) is 5.10 Å². The van der Waals surface area contributed by atoms with E-state index < -0.39 is 0 Å². The highest BCUT2D eigenvalue weighted by molar-refractivity contribution is 7.80. The molecule has 2 aromatic carbocycles. The molecule has 0 aliphatic rings. The zero-order valence-electron chi connectivity index (χ0n) is 12.5. The van der Waals surface area contributed by atoms with Crippen LogP contribution in [0.1, 0.15) is 5.56 Å². The van der Waals surface area contributed by atoms with Crippen LogP contribution < -0.4 is 10.6 Å². The number of benzene rings is 2. The first-order chi connectivity index (χ1) is 11.6. The van der Waals surface area contributed by atoms with E-state index in [-0.39, 0.29) is 0 Å². The fraction of sp³-hybridized carbons (Fsp3) is 0.0588. The first-order valence-corrected chi connectivity index (χ1v) is 8.37. The monoisotopic (exact) mass is 376 g/mol. The van der Waals surface area contributed by atoms with Crippen molar-refractivity contribution in [2.75, 3.05) is 10.6 Å². The van der Waals surface area contributed by atoms with Crippen molar-refractivity contribution in [1.29, 1.82) is 0 Å². The SMILES string of the molecule is S=C(Nc1cccc(Cl)c1)Nc1nn(Cc2ccccc2)cc1Cl. The Kier molecular flexibility index (Phi) is 5.35. The van der Waals surface area contributed by atoms with Crippen molar-refractivity contribution in [2.24, 2.45) is 0 Å². The Hall–Kier alpha value is -2.08. The smallest absolute Gasteiger partial charge is 0.176 e. The topological polar surface area (TPSA) is 41.9 Å². The molecule has 3 aromatic rings. The zero-order chi connectivity index (χ0) is 16.9.